The number of sulfonamides is 1. The summed E-state index contributed by atoms with van der Waals surface area (Å²) in [5.41, 5.74) is 4.37. The Balaban J connectivity index is 2.50. The molecule has 7 heteroatoms. The van der Waals surface area contributed by atoms with Crippen molar-refractivity contribution < 1.29 is 17.2 Å². The van der Waals surface area contributed by atoms with Crippen LogP contribution in [-0.2, 0) is 10.0 Å². The third-order valence-corrected chi connectivity index (χ3v) is 4.74. The molecule has 2 rings (SSSR count). The lowest BCUT2D eigenvalue weighted by atomic mass is 10.3. The van der Waals surface area contributed by atoms with Crippen molar-refractivity contribution in [3.8, 4) is 0 Å². The lowest BCUT2D eigenvalue weighted by molar-refractivity contribution is 0.457. The lowest BCUT2D eigenvalue weighted by Gasteiger charge is -2.17. The van der Waals surface area contributed by atoms with E-state index >= 15 is 0 Å². The molecule has 1 aliphatic rings. The number of hydrogen-bond donors (Lipinski definition) is 1. The van der Waals surface area contributed by atoms with Gasteiger partial charge in [-0.3, -0.25) is 0 Å². The van der Waals surface area contributed by atoms with E-state index in [0.717, 1.165) is 29.3 Å². The number of hydrogen-bond acceptors (Lipinski definition) is 3. The van der Waals surface area contributed by atoms with Gasteiger partial charge in [-0.15, -0.1) is 0 Å². The Morgan fingerprint density at radius 2 is 1.94 bits per heavy atom. The second-order valence-electron chi connectivity index (χ2n) is 4.03. The third kappa shape index (κ3) is 2.00. The Hall–Kier alpha value is -1.21. The molecule has 94 valence electrons. The first-order chi connectivity index (χ1) is 7.85. The zero-order chi connectivity index (χ0) is 12.8. The minimum atomic E-state index is -3.93. The topological polar surface area (TPSA) is 63.4 Å². The van der Waals surface area contributed by atoms with Gasteiger partial charge < -0.3 is 5.73 Å². The Kier molecular flexibility index (Phi) is 2.82. The molecule has 0 saturated heterocycles. The highest BCUT2D eigenvalue weighted by Gasteiger charge is 2.36. The molecule has 0 aliphatic heterocycles. The van der Waals surface area contributed by atoms with E-state index in [4.69, 9.17) is 5.73 Å². The SMILES string of the molecule is CN(C1CC1)S(=O)(=O)c1ccc(F)c(N)c1F. The molecule has 0 spiro atoms. The van der Waals surface area contributed by atoms with Crippen LogP contribution in [0, 0.1) is 11.6 Å². The van der Waals surface area contributed by atoms with Crippen molar-refractivity contribution in [1.82, 2.24) is 4.31 Å². The lowest BCUT2D eigenvalue weighted by Crippen LogP contribution is -2.29. The van der Waals surface area contributed by atoms with Crippen LogP contribution in [0.15, 0.2) is 17.0 Å². The van der Waals surface area contributed by atoms with E-state index in [2.05, 4.69) is 0 Å². The summed E-state index contributed by atoms with van der Waals surface area (Å²) in [5.74, 6) is -2.19. The first-order valence-electron chi connectivity index (χ1n) is 5.07. The van der Waals surface area contributed by atoms with Gasteiger partial charge in [-0.05, 0) is 25.0 Å². The van der Waals surface area contributed by atoms with Crippen LogP contribution in [0.2, 0.25) is 0 Å². The van der Waals surface area contributed by atoms with E-state index in [1.54, 1.807) is 0 Å². The molecule has 0 unspecified atom stereocenters. The second kappa shape index (κ2) is 3.92. The minimum absolute atomic E-state index is 0.0920. The first-order valence-corrected chi connectivity index (χ1v) is 6.51. The maximum atomic E-state index is 13.6. The van der Waals surface area contributed by atoms with Crippen molar-refractivity contribution in [3.05, 3.63) is 23.8 Å². The molecule has 17 heavy (non-hydrogen) atoms. The highest BCUT2D eigenvalue weighted by Crippen LogP contribution is 2.32. The van der Waals surface area contributed by atoms with Crippen molar-refractivity contribution in [1.29, 1.82) is 0 Å². The summed E-state index contributed by atoms with van der Waals surface area (Å²) < 4.78 is 51.7. The molecule has 4 nitrogen and oxygen atoms in total. The Morgan fingerprint density at radius 3 is 2.47 bits per heavy atom. The van der Waals surface area contributed by atoms with Gasteiger partial charge in [0.25, 0.3) is 0 Å². The minimum Gasteiger partial charge on any atom is -0.394 e. The van der Waals surface area contributed by atoms with Crippen LogP contribution in [0.25, 0.3) is 0 Å². The van der Waals surface area contributed by atoms with E-state index in [9.17, 15) is 17.2 Å². The molecule has 0 atom stereocenters. The molecule has 0 radical (unpaired) electrons. The van der Waals surface area contributed by atoms with E-state index < -0.39 is 32.2 Å². The summed E-state index contributed by atoms with van der Waals surface area (Å²) >= 11 is 0. The second-order valence-corrected chi connectivity index (χ2v) is 5.99. The van der Waals surface area contributed by atoms with Crippen molar-refractivity contribution in [3.63, 3.8) is 0 Å². The fourth-order valence-corrected chi connectivity index (χ4v) is 3.03. The zero-order valence-electron chi connectivity index (χ0n) is 9.15. The summed E-state index contributed by atoms with van der Waals surface area (Å²) in [7, 11) is -2.55. The van der Waals surface area contributed by atoms with Crippen LogP contribution < -0.4 is 5.73 Å². The molecule has 1 aliphatic carbocycles. The predicted octanol–water partition coefficient (Wildman–Crippen LogP) is 1.33. The average molecular weight is 262 g/mol. The van der Waals surface area contributed by atoms with Gasteiger partial charge in [0.05, 0.1) is 0 Å². The number of benzene rings is 1. The average Bonchev–Trinajstić information content (AvgIpc) is 3.08. The quantitative estimate of drug-likeness (QED) is 0.836. The Morgan fingerprint density at radius 1 is 1.35 bits per heavy atom. The number of nitrogens with zero attached hydrogens (tertiary/aromatic N) is 1. The number of nitrogens with two attached hydrogens (primary N) is 1. The van der Waals surface area contributed by atoms with Crippen LogP contribution in [0.5, 0.6) is 0 Å². The van der Waals surface area contributed by atoms with Crippen LogP contribution in [0.3, 0.4) is 0 Å². The van der Waals surface area contributed by atoms with Gasteiger partial charge in [-0.2, -0.15) is 4.31 Å². The van der Waals surface area contributed by atoms with Gasteiger partial charge >= 0.3 is 0 Å². The van der Waals surface area contributed by atoms with Gasteiger partial charge in [0, 0.05) is 13.1 Å². The maximum absolute atomic E-state index is 13.6. The van der Waals surface area contributed by atoms with E-state index in [1.165, 1.54) is 7.05 Å². The molecule has 1 fully saturated rings. The molecule has 0 heterocycles. The third-order valence-electron chi connectivity index (χ3n) is 2.81. The van der Waals surface area contributed by atoms with Crippen molar-refractivity contribution in [2.24, 2.45) is 0 Å². The maximum Gasteiger partial charge on any atom is 0.246 e. The summed E-state index contributed by atoms with van der Waals surface area (Å²) in [6, 6.07) is 1.66. The summed E-state index contributed by atoms with van der Waals surface area (Å²) in [4.78, 5) is -0.578. The zero-order valence-corrected chi connectivity index (χ0v) is 9.97. The van der Waals surface area contributed by atoms with Crippen LogP contribution in [-0.4, -0.2) is 25.8 Å². The fraction of sp³-hybridized carbons (Fsp3) is 0.400. The number of nitrogen functional groups attached to an aromatic ring is 1. The molecular weight excluding hydrogens is 250 g/mol. The normalized spacial score (nSPS) is 16.5. The molecule has 2 N–H and O–H groups in total. The standard InChI is InChI=1S/C10H12F2N2O2S/c1-14(6-2-3-6)17(15,16)8-5-4-7(11)10(13)9(8)12/h4-6H,2-3,13H2,1H3. The Bertz CT molecular complexity index is 556. The number of halogens is 2. The molecule has 0 amide bonds. The summed E-state index contributed by atoms with van der Waals surface area (Å²) in [6.07, 6.45) is 1.52. The molecule has 1 aromatic rings. The largest absolute Gasteiger partial charge is 0.394 e. The molecule has 1 aromatic carbocycles. The van der Waals surface area contributed by atoms with Crippen molar-refractivity contribution in [2.75, 3.05) is 12.8 Å². The molecule has 1 saturated carbocycles. The van der Waals surface area contributed by atoms with Gasteiger partial charge in [-0.1, -0.05) is 0 Å². The smallest absolute Gasteiger partial charge is 0.246 e. The van der Waals surface area contributed by atoms with E-state index in [-0.39, 0.29) is 6.04 Å². The highest BCUT2D eigenvalue weighted by atomic mass is 32.2. The number of rotatable bonds is 3. The van der Waals surface area contributed by atoms with Gasteiger partial charge in [0.15, 0.2) is 5.82 Å². The fourth-order valence-electron chi connectivity index (χ4n) is 1.54. The summed E-state index contributed by atoms with van der Waals surface area (Å²) in [5, 5.41) is 0. The predicted molar refractivity (Wildman–Crippen MR) is 58.7 cm³/mol. The monoisotopic (exact) mass is 262 g/mol. The van der Waals surface area contributed by atoms with E-state index in [1.807, 2.05) is 0 Å². The molecule has 0 bridgehead atoms. The van der Waals surface area contributed by atoms with E-state index in [0.29, 0.717) is 0 Å². The van der Waals surface area contributed by atoms with Gasteiger partial charge in [-0.25, -0.2) is 17.2 Å². The van der Waals surface area contributed by atoms with Gasteiger partial charge in [0.1, 0.15) is 16.4 Å². The first kappa shape index (κ1) is 12.3. The van der Waals surface area contributed by atoms with Gasteiger partial charge in [0.2, 0.25) is 10.0 Å². The van der Waals surface area contributed by atoms with Crippen molar-refractivity contribution in [2.45, 2.75) is 23.8 Å². The van der Waals surface area contributed by atoms with Crippen LogP contribution >= 0.6 is 0 Å². The molecular formula is C10H12F2N2O2S. The summed E-state index contributed by atoms with van der Waals surface area (Å²) in [6.45, 7) is 0. The Labute approximate surface area is 98.1 Å². The van der Waals surface area contributed by atoms with Crippen LogP contribution in [0.1, 0.15) is 12.8 Å². The number of anilines is 1. The van der Waals surface area contributed by atoms with Crippen molar-refractivity contribution >= 4 is 15.7 Å². The molecule has 0 aromatic heterocycles. The van der Waals surface area contributed by atoms with Crippen LogP contribution in [0.4, 0.5) is 14.5 Å². The highest BCUT2D eigenvalue weighted by molar-refractivity contribution is 7.89.